The summed E-state index contributed by atoms with van der Waals surface area (Å²) in [7, 11) is 1.58. The second-order valence-electron chi connectivity index (χ2n) is 6.65. The summed E-state index contributed by atoms with van der Waals surface area (Å²) >= 11 is 0. The van der Waals surface area contributed by atoms with Gasteiger partial charge in [0.25, 0.3) is 11.5 Å². The fourth-order valence-corrected chi connectivity index (χ4v) is 3.33. The molecular weight excluding hydrogens is 382 g/mol. The first-order valence-electron chi connectivity index (χ1n) is 9.60. The number of methoxy groups -OCH3 is 1. The number of nitrogens with one attached hydrogen (secondary N) is 1. The average molecular weight is 403 g/mol. The Kier molecular flexibility index (Phi) is 5.34. The molecule has 0 saturated carbocycles. The zero-order chi connectivity index (χ0) is 21.1. The summed E-state index contributed by atoms with van der Waals surface area (Å²) in [6.07, 6.45) is 1.62. The summed E-state index contributed by atoms with van der Waals surface area (Å²) in [5, 5.41) is 3.40. The molecule has 152 valence electrons. The van der Waals surface area contributed by atoms with Crippen LogP contribution in [0.3, 0.4) is 0 Å². The van der Waals surface area contributed by atoms with E-state index >= 15 is 0 Å². The number of hydrogen-bond donors (Lipinski definition) is 1. The Balaban J connectivity index is 1.64. The molecule has 0 atom stereocenters. The van der Waals surface area contributed by atoms with E-state index in [2.05, 4.69) is 10.3 Å². The van der Waals surface area contributed by atoms with Crippen molar-refractivity contribution in [1.29, 1.82) is 0 Å². The van der Waals surface area contributed by atoms with Crippen molar-refractivity contribution in [3.63, 3.8) is 0 Å². The number of para-hydroxylation sites is 1. The maximum atomic E-state index is 12.9. The smallest absolute Gasteiger partial charge is 0.265 e. The van der Waals surface area contributed by atoms with Gasteiger partial charge in [0.05, 0.1) is 30.2 Å². The van der Waals surface area contributed by atoms with Gasteiger partial charge in [0.15, 0.2) is 17.1 Å². The summed E-state index contributed by atoms with van der Waals surface area (Å²) in [6, 6.07) is 15.9. The minimum atomic E-state index is -0.316. The van der Waals surface area contributed by atoms with Gasteiger partial charge in [0, 0.05) is 12.7 Å². The first kappa shape index (κ1) is 19.4. The van der Waals surface area contributed by atoms with Gasteiger partial charge < -0.3 is 14.8 Å². The molecule has 0 unspecified atom stereocenters. The molecule has 2 aromatic carbocycles. The molecule has 7 nitrogen and oxygen atoms in total. The summed E-state index contributed by atoms with van der Waals surface area (Å²) in [4.78, 5) is 30.2. The van der Waals surface area contributed by atoms with E-state index in [0.29, 0.717) is 46.8 Å². The molecule has 2 aromatic heterocycles. The van der Waals surface area contributed by atoms with Crippen molar-refractivity contribution in [2.45, 2.75) is 13.5 Å². The van der Waals surface area contributed by atoms with Crippen LogP contribution < -0.4 is 20.3 Å². The Hall–Kier alpha value is -3.87. The predicted molar refractivity (Wildman–Crippen MR) is 114 cm³/mol. The summed E-state index contributed by atoms with van der Waals surface area (Å²) in [6.45, 7) is 2.70. The molecule has 0 fully saturated rings. The normalized spacial score (nSPS) is 10.9. The summed E-state index contributed by atoms with van der Waals surface area (Å²) < 4.78 is 12.3. The van der Waals surface area contributed by atoms with E-state index in [0.717, 1.165) is 5.56 Å². The van der Waals surface area contributed by atoms with E-state index in [1.165, 1.54) is 4.40 Å². The first-order valence-corrected chi connectivity index (χ1v) is 9.60. The fourth-order valence-electron chi connectivity index (χ4n) is 3.33. The number of carbonyl (C=O) groups is 1. The van der Waals surface area contributed by atoms with Gasteiger partial charge in [-0.3, -0.25) is 14.0 Å². The minimum Gasteiger partial charge on any atom is -0.493 e. The monoisotopic (exact) mass is 403 g/mol. The largest absolute Gasteiger partial charge is 0.493 e. The molecule has 2 heterocycles. The highest BCUT2D eigenvalue weighted by atomic mass is 16.5. The minimum absolute atomic E-state index is 0.207. The average Bonchev–Trinajstić information content (AvgIpc) is 2.78. The van der Waals surface area contributed by atoms with Gasteiger partial charge in [-0.1, -0.05) is 18.2 Å². The Morgan fingerprint density at radius 1 is 1.10 bits per heavy atom. The maximum absolute atomic E-state index is 12.9. The number of pyridine rings is 1. The molecule has 0 spiro atoms. The predicted octanol–water partition coefficient (Wildman–Crippen LogP) is 3.19. The highest BCUT2D eigenvalue weighted by Crippen LogP contribution is 2.28. The number of nitrogens with zero attached hydrogens (tertiary/aromatic N) is 2. The van der Waals surface area contributed by atoms with E-state index in [9.17, 15) is 9.59 Å². The Morgan fingerprint density at radius 3 is 2.73 bits per heavy atom. The molecule has 0 saturated heterocycles. The zero-order valence-electron chi connectivity index (χ0n) is 16.7. The highest BCUT2D eigenvalue weighted by molar-refractivity contribution is 6.00. The van der Waals surface area contributed by atoms with Crippen LogP contribution in [0.25, 0.3) is 16.6 Å². The number of benzene rings is 2. The van der Waals surface area contributed by atoms with E-state index < -0.39 is 0 Å². The molecule has 0 radical (unpaired) electrons. The summed E-state index contributed by atoms with van der Waals surface area (Å²) in [5.41, 5.74) is 1.87. The van der Waals surface area contributed by atoms with Crippen LogP contribution in [0.4, 0.5) is 0 Å². The SMILES string of the molecule is CCOc1cc(CNC(=O)c2cccn3c(=O)c4ccccc4nc23)ccc1OC. The lowest BCUT2D eigenvalue weighted by molar-refractivity contribution is 0.0952. The zero-order valence-corrected chi connectivity index (χ0v) is 16.7. The number of aromatic nitrogens is 2. The Bertz CT molecular complexity index is 1300. The van der Waals surface area contributed by atoms with E-state index in [1.54, 1.807) is 49.7 Å². The molecule has 30 heavy (non-hydrogen) atoms. The molecule has 7 heteroatoms. The third-order valence-corrected chi connectivity index (χ3v) is 4.77. The molecule has 0 bridgehead atoms. The highest BCUT2D eigenvalue weighted by Gasteiger charge is 2.14. The van der Waals surface area contributed by atoms with Crippen LogP contribution in [0.2, 0.25) is 0 Å². The third-order valence-electron chi connectivity index (χ3n) is 4.77. The van der Waals surface area contributed by atoms with Crippen LogP contribution in [-0.2, 0) is 6.54 Å². The standard InChI is InChI=1S/C23H21N3O4/c1-3-30-20-13-15(10-11-19(20)29-2)14-24-22(27)17-8-6-12-26-21(17)25-18-9-5-4-7-16(18)23(26)28/h4-13H,3,14H2,1-2H3,(H,24,27). The van der Waals surface area contributed by atoms with E-state index in [4.69, 9.17) is 9.47 Å². The van der Waals surface area contributed by atoms with Crippen molar-refractivity contribution >= 4 is 22.5 Å². The van der Waals surface area contributed by atoms with Crippen molar-refractivity contribution in [3.8, 4) is 11.5 Å². The Morgan fingerprint density at radius 2 is 1.93 bits per heavy atom. The van der Waals surface area contributed by atoms with Crippen LogP contribution in [0.1, 0.15) is 22.8 Å². The van der Waals surface area contributed by atoms with Crippen LogP contribution in [-0.4, -0.2) is 29.0 Å². The topological polar surface area (TPSA) is 81.9 Å². The maximum Gasteiger partial charge on any atom is 0.265 e. The number of carbonyl (C=O) groups excluding carboxylic acids is 1. The lowest BCUT2D eigenvalue weighted by Crippen LogP contribution is -2.25. The molecular formula is C23H21N3O4. The van der Waals surface area contributed by atoms with Crippen molar-refractivity contribution in [1.82, 2.24) is 14.7 Å². The molecule has 1 amide bonds. The number of ether oxygens (including phenoxy) is 2. The van der Waals surface area contributed by atoms with Crippen molar-refractivity contribution in [2.24, 2.45) is 0 Å². The number of rotatable bonds is 6. The first-order chi connectivity index (χ1) is 14.6. The van der Waals surface area contributed by atoms with E-state index in [-0.39, 0.29) is 11.5 Å². The lowest BCUT2D eigenvalue weighted by atomic mass is 10.1. The van der Waals surface area contributed by atoms with Gasteiger partial charge >= 0.3 is 0 Å². The second kappa shape index (κ2) is 8.24. The van der Waals surface area contributed by atoms with Crippen LogP contribution >= 0.6 is 0 Å². The van der Waals surface area contributed by atoms with Crippen LogP contribution in [0, 0.1) is 0 Å². The molecule has 0 aliphatic carbocycles. The molecule has 4 rings (SSSR count). The number of hydrogen-bond acceptors (Lipinski definition) is 5. The molecule has 0 aliphatic heterocycles. The quantitative estimate of drug-likeness (QED) is 0.500. The van der Waals surface area contributed by atoms with Gasteiger partial charge in [-0.05, 0) is 48.9 Å². The fraction of sp³-hybridized carbons (Fsp3) is 0.174. The van der Waals surface area contributed by atoms with Gasteiger partial charge in [-0.15, -0.1) is 0 Å². The van der Waals surface area contributed by atoms with Crippen LogP contribution in [0.5, 0.6) is 11.5 Å². The van der Waals surface area contributed by atoms with Crippen molar-refractivity contribution in [2.75, 3.05) is 13.7 Å². The van der Waals surface area contributed by atoms with E-state index in [1.807, 2.05) is 25.1 Å². The van der Waals surface area contributed by atoms with Gasteiger partial charge in [0.2, 0.25) is 0 Å². The molecule has 0 aliphatic rings. The van der Waals surface area contributed by atoms with Gasteiger partial charge in [-0.25, -0.2) is 4.98 Å². The number of amides is 1. The Labute approximate surface area is 172 Å². The molecule has 1 N–H and O–H groups in total. The number of fused-ring (bicyclic) bond motifs is 2. The van der Waals surface area contributed by atoms with Crippen molar-refractivity contribution < 1.29 is 14.3 Å². The second-order valence-corrected chi connectivity index (χ2v) is 6.65. The van der Waals surface area contributed by atoms with Crippen molar-refractivity contribution in [3.05, 3.63) is 82.3 Å². The lowest BCUT2D eigenvalue weighted by Gasteiger charge is -2.12. The molecule has 4 aromatic rings. The van der Waals surface area contributed by atoms with Gasteiger partial charge in [0.1, 0.15) is 0 Å². The third kappa shape index (κ3) is 3.57. The summed E-state index contributed by atoms with van der Waals surface area (Å²) in [5.74, 6) is 0.942. The van der Waals surface area contributed by atoms with Crippen LogP contribution in [0.15, 0.2) is 65.6 Å². The van der Waals surface area contributed by atoms with Gasteiger partial charge in [-0.2, -0.15) is 0 Å².